The molecule has 0 aliphatic rings. The van der Waals surface area contributed by atoms with Gasteiger partial charge in [0.2, 0.25) is 21.8 Å². The van der Waals surface area contributed by atoms with Crippen LogP contribution in [0.2, 0.25) is 5.02 Å². The van der Waals surface area contributed by atoms with Crippen molar-refractivity contribution in [1.82, 2.24) is 10.2 Å². The van der Waals surface area contributed by atoms with E-state index < -0.39 is 16.1 Å². The lowest BCUT2D eigenvalue weighted by Gasteiger charge is -2.29. The van der Waals surface area contributed by atoms with Crippen LogP contribution in [0.25, 0.3) is 0 Å². The van der Waals surface area contributed by atoms with E-state index in [2.05, 4.69) is 5.32 Å². The summed E-state index contributed by atoms with van der Waals surface area (Å²) in [6, 6.07) is 12.2. The van der Waals surface area contributed by atoms with Gasteiger partial charge >= 0.3 is 0 Å². The van der Waals surface area contributed by atoms with Gasteiger partial charge in [-0.2, -0.15) is 0 Å². The molecule has 1 unspecified atom stereocenters. The molecular formula is C24H32ClN3O4S. The van der Waals surface area contributed by atoms with Gasteiger partial charge in [0.1, 0.15) is 6.04 Å². The molecule has 1 atom stereocenters. The SMILES string of the molecule is CNC(=O)C(C)N(Cc1cccc(C)c1)C(=O)CCCN(c1cccc(Cl)c1C)S(C)(=O)=O. The normalized spacial score (nSPS) is 12.2. The summed E-state index contributed by atoms with van der Waals surface area (Å²) in [5.74, 6) is -0.479. The minimum absolute atomic E-state index is 0.0960. The molecule has 0 heterocycles. The number of rotatable bonds is 10. The standard InChI is InChI=1S/C24H32ClN3O4S/c1-17-9-6-10-20(15-17)16-27(19(3)24(30)26-4)23(29)13-8-14-28(33(5,31)32)22-12-7-11-21(25)18(22)2/h6-7,9-12,15,19H,8,13-14,16H2,1-5H3,(H,26,30). The highest BCUT2D eigenvalue weighted by Gasteiger charge is 2.26. The van der Waals surface area contributed by atoms with Gasteiger partial charge < -0.3 is 10.2 Å². The third-order valence-corrected chi connectivity index (χ3v) is 7.10. The number of carbonyl (C=O) groups is 2. The van der Waals surface area contributed by atoms with Gasteiger partial charge in [-0.05, 0) is 50.5 Å². The lowest BCUT2D eigenvalue weighted by atomic mass is 10.1. The van der Waals surface area contributed by atoms with Crippen LogP contribution in [-0.4, -0.2) is 51.0 Å². The predicted octanol–water partition coefficient (Wildman–Crippen LogP) is 3.67. The molecule has 2 amide bonds. The summed E-state index contributed by atoms with van der Waals surface area (Å²) in [6.07, 6.45) is 1.52. The van der Waals surface area contributed by atoms with E-state index in [9.17, 15) is 18.0 Å². The van der Waals surface area contributed by atoms with Gasteiger partial charge in [-0.3, -0.25) is 13.9 Å². The van der Waals surface area contributed by atoms with Gasteiger partial charge in [0, 0.05) is 31.6 Å². The fraction of sp³-hybridized carbons (Fsp3) is 0.417. The smallest absolute Gasteiger partial charge is 0.242 e. The largest absolute Gasteiger partial charge is 0.357 e. The lowest BCUT2D eigenvalue weighted by Crippen LogP contribution is -2.46. The molecule has 180 valence electrons. The Hall–Kier alpha value is -2.58. The number of nitrogens with one attached hydrogen (secondary N) is 1. The molecule has 0 saturated carbocycles. The average molecular weight is 494 g/mol. The first-order chi connectivity index (χ1) is 15.5. The third-order valence-electron chi connectivity index (χ3n) is 5.51. The Kier molecular flexibility index (Phi) is 9.31. The van der Waals surface area contributed by atoms with E-state index >= 15 is 0 Å². The van der Waals surface area contributed by atoms with Crippen LogP contribution in [0.3, 0.4) is 0 Å². The van der Waals surface area contributed by atoms with E-state index in [4.69, 9.17) is 11.6 Å². The number of likely N-dealkylation sites (N-methyl/N-ethyl adjacent to an activating group) is 1. The number of benzene rings is 2. The Morgan fingerprint density at radius 1 is 1.12 bits per heavy atom. The van der Waals surface area contributed by atoms with Crippen LogP contribution in [0.15, 0.2) is 42.5 Å². The number of anilines is 1. The van der Waals surface area contributed by atoms with Gasteiger partial charge in [0.15, 0.2) is 0 Å². The minimum atomic E-state index is -3.58. The van der Waals surface area contributed by atoms with E-state index in [1.807, 2.05) is 31.2 Å². The van der Waals surface area contributed by atoms with Crippen molar-refractivity contribution in [2.24, 2.45) is 0 Å². The van der Waals surface area contributed by atoms with Crippen molar-refractivity contribution in [3.05, 3.63) is 64.2 Å². The van der Waals surface area contributed by atoms with Gasteiger partial charge in [0.05, 0.1) is 11.9 Å². The fourth-order valence-electron chi connectivity index (χ4n) is 3.65. The van der Waals surface area contributed by atoms with Gasteiger partial charge in [-0.15, -0.1) is 0 Å². The van der Waals surface area contributed by atoms with Crippen molar-refractivity contribution in [2.45, 2.75) is 46.2 Å². The van der Waals surface area contributed by atoms with Crippen molar-refractivity contribution in [3.8, 4) is 0 Å². The quantitative estimate of drug-likeness (QED) is 0.547. The van der Waals surface area contributed by atoms with Crippen LogP contribution < -0.4 is 9.62 Å². The van der Waals surface area contributed by atoms with Crippen LogP contribution in [0.4, 0.5) is 5.69 Å². The number of aryl methyl sites for hydroxylation is 1. The highest BCUT2D eigenvalue weighted by Crippen LogP contribution is 2.28. The molecule has 0 fully saturated rings. The molecule has 0 radical (unpaired) electrons. The molecule has 2 aromatic rings. The van der Waals surface area contributed by atoms with Crippen molar-refractivity contribution in [3.63, 3.8) is 0 Å². The number of carbonyl (C=O) groups excluding carboxylic acids is 2. The molecule has 0 saturated heterocycles. The van der Waals surface area contributed by atoms with E-state index in [-0.39, 0.29) is 31.3 Å². The van der Waals surface area contributed by atoms with Crippen LogP contribution in [0, 0.1) is 13.8 Å². The number of hydrogen-bond acceptors (Lipinski definition) is 4. The zero-order valence-corrected chi connectivity index (χ0v) is 21.3. The summed E-state index contributed by atoms with van der Waals surface area (Å²) in [6.45, 7) is 5.83. The summed E-state index contributed by atoms with van der Waals surface area (Å²) < 4.78 is 26.2. The second kappa shape index (κ2) is 11.5. The van der Waals surface area contributed by atoms with Crippen molar-refractivity contribution in [1.29, 1.82) is 0 Å². The Labute approximate surface area is 201 Å². The molecule has 9 heteroatoms. The molecular weight excluding hydrogens is 462 g/mol. The number of sulfonamides is 1. The van der Waals surface area contributed by atoms with Crippen LogP contribution in [0.5, 0.6) is 0 Å². The molecule has 7 nitrogen and oxygen atoms in total. The molecule has 33 heavy (non-hydrogen) atoms. The number of amides is 2. The first-order valence-electron chi connectivity index (χ1n) is 10.7. The highest BCUT2D eigenvalue weighted by molar-refractivity contribution is 7.92. The molecule has 0 bridgehead atoms. The van der Waals surface area contributed by atoms with Crippen molar-refractivity contribution >= 4 is 39.1 Å². The maximum absolute atomic E-state index is 13.1. The van der Waals surface area contributed by atoms with Crippen LogP contribution >= 0.6 is 11.6 Å². The molecule has 2 aromatic carbocycles. The monoisotopic (exact) mass is 493 g/mol. The third kappa shape index (κ3) is 7.20. The van der Waals surface area contributed by atoms with Gasteiger partial charge in [-0.25, -0.2) is 8.42 Å². The Morgan fingerprint density at radius 3 is 2.39 bits per heavy atom. The Balaban J connectivity index is 2.18. The first kappa shape index (κ1) is 26.7. The zero-order valence-electron chi connectivity index (χ0n) is 19.8. The maximum atomic E-state index is 13.1. The lowest BCUT2D eigenvalue weighted by molar-refractivity contribution is -0.140. The van der Waals surface area contributed by atoms with Gasteiger partial charge in [0.25, 0.3) is 0 Å². The number of halogens is 1. The van der Waals surface area contributed by atoms with Crippen LogP contribution in [0.1, 0.15) is 36.5 Å². The minimum Gasteiger partial charge on any atom is -0.357 e. The second-order valence-electron chi connectivity index (χ2n) is 8.12. The molecule has 2 rings (SSSR count). The summed E-state index contributed by atoms with van der Waals surface area (Å²) >= 11 is 6.18. The predicted molar refractivity (Wildman–Crippen MR) is 133 cm³/mol. The maximum Gasteiger partial charge on any atom is 0.242 e. The molecule has 0 spiro atoms. The topological polar surface area (TPSA) is 86.8 Å². The summed E-state index contributed by atoms with van der Waals surface area (Å²) in [4.78, 5) is 26.9. The van der Waals surface area contributed by atoms with E-state index in [0.717, 1.165) is 17.4 Å². The zero-order chi connectivity index (χ0) is 24.8. The van der Waals surface area contributed by atoms with E-state index in [1.165, 1.54) is 16.3 Å². The first-order valence-corrected chi connectivity index (χ1v) is 13.0. The Morgan fingerprint density at radius 2 is 1.79 bits per heavy atom. The van der Waals surface area contributed by atoms with E-state index in [1.54, 1.807) is 32.0 Å². The highest BCUT2D eigenvalue weighted by atomic mass is 35.5. The molecule has 0 aromatic heterocycles. The Bertz CT molecular complexity index is 1100. The fourth-order valence-corrected chi connectivity index (χ4v) is 4.83. The molecule has 1 N–H and O–H groups in total. The average Bonchev–Trinajstić information content (AvgIpc) is 2.75. The van der Waals surface area contributed by atoms with Crippen molar-refractivity contribution in [2.75, 3.05) is 24.2 Å². The molecule has 0 aliphatic heterocycles. The summed E-state index contributed by atoms with van der Waals surface area (Å²) in [5, 5.41) is 3.06. The molecule has 0 aliphatic carbocycles. The second-order valence-corrected chi connectivity index (χ2v) is 10.4. The summed E-state index contributed by atoms with van der Waals surface area (Å²) in [5.41, 5.74) is 3.14. The summed E-state index contributed by atoms with van der Waals surface area (Å²) in [7, 11) is -2.04. The van der Waals surface area contributed by atoms with Gasteiger partial charge in [-0.1, -0.05) is 47.5 Å². The van der Waals surface area contributed by atoms with Crippen molar-refractivity contribution < 1.29 is 18.0 Å². The van der Waals surface area contributed by atoms with Crippen LogP contribution in [-0.2, 0) is 26.2 Å². The number of hydrogen-bond donors (Lipinski definition) is 1. The number of nitrogens with zero attached hydrogens (tertiary/aromatic N) is 2. The van der Waals surface area contributed by atoms with E-state index in [0.29, 0.717) is 22.7 Å².